The molecule has 0 saturated carbocycles. The number of aromatic nitrogens is 2. The van der Waals surface area contributed by atoms with Crippen LogP contribution in [0.2, 0.25) is 0 Å². The van der Waals surface area contributed by atoms with Crippen LogP contribution in [-0.4, -0.2) is 46.6 Å². The normalized spacial score (nSPS) is 11.0. The summed E-state index contributed by atoms with van der Waals surface area (Å²) in [4.78, 5) is 21.6. The van der Waals surface area contributed by atoms with Gasteiger partial charge in [0.25, 0.3) is 0 Å². The van der Waals surface area contributed by atoms with E-state index in [-0.39, 0.29) is 6.42 Å². The molecule has 0 bridgehead atoms. The van der Waals surface area contributed by atoms with E-state index in [4.69, 9.17) is 5.11 Å². The van der Waals surface area contributed by atoms with Crippen LogP contribution in [-0.2, 0) is 11.3 Å². The predicted octanol–water partition coefficient (Wildman–Crippen LogP) is 1.97. The number of hydrogen-bond donors (Lipinski definition) is 2. The maximum atomic E-state index is 10.5. The van der Waals surface area contributed by atoms with Gasteiger partial charge in [0.15, 0.2) is 0 Å². The number of nitrogens with one attached hydrogen (secondary N) is 1. The lowest BCUT2D eigenvalue weighted by atomic mass is 10.2. The second-order valence-corrected chi connectivity index (χ2v) is 5.17. The molecule has 6 nitrogen and oxygen atoms in total. The van der Waals surface area contributed by atoms with Crippen LogP contribution < -0.4 is 5.32 Å². The van der Waals surface area contributed by atoms with Crippen LogP contribution >= 0.6 is 0 Å². The van der Waals surface area contributed by atoms with E-state index in [1.807, 2.05) is 43.3 Å². The lowest BCUT2D eigenvalue weighted by molar-refractivity contribution is -0.137. The Morgan fingerprint density at radius 1 is 1.29 bits per heavy atom. The van der Waals surface area contributed by atoms with E-state index in [9.17, 15) is 4.79 Å². The third-order valence-electron chi connectivity index (χ3n) is 2.97. The summed E-state index contributed by atoms with van der Waals surface area (Å²) in [7, 11) is 3.94. The minimum absolute atomic E-state index is 0.153. The molecule has 0 radical (unpaired) electrons. The van der Waals surface area contributed by atoms with Gasteiger partial charge in [0.05, 0.1) is 12.1 Å². The molecule has 0 aliphatic carbocycles. The number of rotatable bonds is 7. The molecular formula is C15H20N4O2. The number of fused-ring (bicyclic) bond motifs is 1. The number of para-hydroxylation sites is 1. The molecule has 0 amide bonds. The molecular weight excluding hydrogens is 268 g/mol. The van der Waals surface area contributed by atoms with Gasteiger partial charge in [-0.05, 0) is 32.6 Å². The van der Waals surface area contributed by atoms with E-state index in [1.165, 1.54) is 0 Å². The van der Waals surface area contributed by atoms with E-state index in [2.05, 4.69) is 15.3 Å². The number of anilines is 1. The van der Waals surface area contributed by atoms with Crippen molar-refractivity contribution in [1.29, 1.82) is 0 Å². The zero-order valence-corrected chi connectivity index (χ0v) is 12.3. The Balaban J connectivity index is 2.20. The topological polar surface area (TPSA) is 78.4 Å². The second-order valence-electron chi connectivity index (χ2n) is 5.17. The lowest BCUT2D eigenvalue weighted by Gasteiger charge is -2.13. The first-order chi connectivity index (χ1) is 10.1. The van der Waals surface area contributed by atoms with Gasteiger partial charge in [-0.1, -0.05) is 12.1 Å². The molecule has 2 rings (SSSR count). The fourth-order valence-electron chi connectivity index (χ4n) is 2.06. The Bertz CT molecular complexity index is 628. The summed E-state index contributed by atoms with van der Waals surface area (Å²) in [6.07, 6.45) is 0.719. The molecule has 0 saturated heterocycles. The molecule has 21 heavy (non-hydrogen) atoms. The van der Waals surface area contributed by atoms with Crippen LogP contribution in [0.15, 0.2) is 24.3 Å². The van der Waals surface area contributed by atoms with E-state index < -0.39 is 5.97 Å². The molecule has 112 valence electrons. The molecule has 0 unspecified atom stereocenters. The fourth-order valence-corrected chi connectivity index (χ4v) is 2.06. The minimum atomic E-state index is -0.780. The Hall–Kier alpha value is -2.21. The van der Waals surface area contributed by atoms with Gasteiger partial charge in [0.1, 0.15) is 11.6 Å². The minimum Gasteiger partial charge on any atom is -0.481 e. The van der Waals surface area contributed by atoms with Gasteiger partial charge in [-0.15, -0.1) is 0 Å². The zero-order chi connectivity index (χ0) is 15.2. The highest BCUT2D eigenvalue weighted by Gasteiger charge is 2.08. The van der Waals surface area contributed by atoms with Crippen molar-refractivity contribution in [3.8, 4) is 0 Å². The Kier molecular flexibility index (Phi) is 5.05. The van der Waals surface area contributed by atoms with Gasteiger partial charge in [0, 0.05) is 18.4 Å². The highest BCUT2D eigenvalue weighted by atomic mass is 16.4. The van der Waals surface area contributed by atoms with Crippen molar-refractivity contribution >= 4 is 22.7 Å². The van der Waals surface area contributed by atoms with E-state index in [0.717, 1.165) is 22.5 Å². The summed E-state index contributed by atoms with van der Waals surface area (Å²) < 4.78 is 0. The van der Waals surface area contributed by atoms with Gasteiger partial charge in [-0.3, -0.25) is 4.79 Å². The molecule has 0 spiro atoms. The Morgan fingerprint density at radius 2 is 2.05 bits per heavy atom. The number of carbonyl (C=O) groups is 1. The number of carboxylic acids is 1. The maximum Gasteiger partial charge on any atom is 0.303 e. The van der Waals surface area contributed by atoms with Crippen LogP contribution in [0.1, 0.15) is 18.7 Å². The third-order valence-corrected chi connectivity index (χ3v) is 2.97. The van der Waals surface area contributed by atoms with Crippen LogP contribution in [0.4, 0.5) is 5.82 Å². The van der Waals surface area contributed by atoms with Crippen molar-refractivity contribution in [3.05, 3.63) is 30.1 Å². The highest BCUT2D eigenvalue weighted by molar-refractivity contribution is 5.88. The summed E-state index contributed by atoms with van der Waals surface area (Å²) in [5.41, 5.74) is 0.894. The van der Waals surface area contributed by atoms with E-state index in [0.29, 0.717) is 19.5 Å². The zero-order valence-electron chi connectivity index (χ0n) is 12.3. The van der Waals surface area contributed by atoms with Gasteiger partial charge in [0.2, 0.25) is 0 Å². The average Bonchev–Trinajstić information content (AvgIpc) is 2.42. The molecule has 0 atom stereocenters. The van der Waals surface area contributed by atoms with Gasteiger partial charge in [-0.25, -0.2) is 9.97 Å². The molecule has 0 aliphatic heterocycles. The van der Waals surface area contributed by atoms with Crippen molar-refractivity contribution in [1.82, 2.24) is 14.9 Å². The first-order valence-corrected chi connectivity index (χ1v) is 6.92. The predicted molar refractivity (Wildman–Crippen MR) is 82.3 cm³/mol. The van der Waals surface area contributed by atoms with Crippen molar-refractivity contribution < 1.29 is 9.90 Å². The van der Waals surface area contributed by atoms with Crippen molar-refractivity contribution in [3.63, 3.8) is 0 Å². The molecule has 2 N–H and O–H groups in total. The Morgan fingerprint density at radius 3 is 2.76 bits per heavy atom. The number of benzene rings is 1. The fraction of sp³-hybridized carbons (Fsp3) is 0.400. The molecule has 0 aliphatic rings. The smallest absolute Gasteiger partial charge is 0.303 e. The third kappa shape index (κ3) is 4.39. The molecule has 0 fully saturated rings. The van der Waals surface area contributed by atoms with Crippen molar-refractivity contribution in [2.75, 3.05) is 26.0 Å². The van der Waals surface area contributed by atoms with E-state index in [1.54, 1.807) is 0 Å². The van der Waals surface area contributed by atoms with Crippen LogP contribution in [0.25, 0.3) is 10.9 Å². The molecule has 6 heteroatoms. The number of aliphatic carboxylic acids is 1. The molecule has 1 aromatic carbocycles. The van der Waals surface area contributed by atoms with Crippen LogP contribution in [0.5, 0.6) is 0 Å². The summed E-state index contributed by atoms with van der Waals surface area (Å²) in [5, 5.41) is 12.8. The molecule has 2 aromatic rings. The van der Waals surface area contributed by atoms with Gasteiger partial charge in [-0.2, -0.15) is 0 Å². The van der Waals surface area contributed by atoms with Crippen LogP contribution in [0, 0.1) is 0 Å². The van der Waals surface area contributed by atoms with Gasteiger partial charge < -0.3 is 15.3 Å². The molecule has 1 heterocycles. The lowest BCUT2D eigenvalue weighted by Crippen LogP contribution is -2.15. The summed E-state index contributed by atoms with van der Waals surface area (Å²) >= 11 is 0. The highest BCUT2D eigenvalue weighted by Crippen LogP contribution is 2.20. The largest absolute Gasteiger partial charge is 0.481 e. The first kappa shape index (κ1) is 15.2. The van der Waals surface area contributed by atoms with Crippen molar-refractivity contribution in [2.24, 2.45) is 0 Å². The quantitative estimate of drug-likeness (QED) is 0.758. The monoisotopic (exact) mass is 288 g/mol. The molecule has 1 aromatic heterocycles. The SMILES string of the molecule is CN(C)Cc1nc(NCCCC(=O)O)c2ccccc2n1. The summed E-state index contributed by atoms with van der Waals surface area (Å²) in [6.45, 7) is 1.24. The van der Waals surface area contributed by atoms with Crippen LogP contribution in [0.3, 0.4) is 0 Å². The first-order valence-electron chi connectivity index (χ1n) is 6.92. The average molecular weight is 288 g/mol. The number of carboxylic acid groups (broad SMARTS) is 1. The number of hydrogen-bond acceptors (Lipinski definition) is 5. The maximum absolute atomic E-state index is 10.5. The second kappa shape index (κ2) is 6.99. The Labute approximate surface area is 123 Å². The van der Waals surface area contributed by atoms with Gasteiger partial charge >= 0.3 is 5.97 Å². The summed E-state index contributed by atoms with van der Waals surface area (Å²) in [5.74, 6) is 0.736. The number of nitrogens with zero attached hydrogens (tertiary/aromatic N) is 3. The van der Waals surface area contributed by atoms with Crippen molar-refractivity contribution in [2.45, 2.75) is 19.4 Å². The standard InChI is InChI=1S/C15H20N4O2/c1-19(2)10-13-17-12-7-4-3-6-11(12)15(18-13)16-9-5-8-14(20)21/h3-4,6-7H,5,8-10H2,1-2H3,(H,20,21)(H,16,17,18). The summed E-state index contributed by atoms with van der Waals surface area (Å²) in [6, 6.07) is 7.82. The van der Waals surface area contributed by atoms with E-state index >= 15 is 0 Å².